The maximum Gasteiger partial charge on any atom is 0.408 e. The van der Waals surface area contributed by atoms with E-state index in [1.54, 1.807) is 39.0 Å². The largest absolute Gasteiger partial charge is 0.469 e. The second kappa shape index (κ2) is 11.8. The number of nitrogens with two attached hydrogens (primary N) is 1. The topological polar surface area (TPSA) is 137 Å². The second-order valence-electron chi connectivity index (χ2n) is 7.82. The number of anilines is 1. The van der Waals surface area contributed by atoms with Crippen molar-refractivity contribution in [1.82, 2.24) is 5.32 Å². The zero-order valence-electron chi connectivity index (χ0n) is 17.9. The molecule has 0 radical (unpaired) electrons. The number of carbonyl (C=O) groups excluding carboxylic acids is 4. The van der Waals surface area contributed by atoms with Crippen LogP contribution in [-0.2, 0) is 30.3 Å². The maximum absolute atomic E-state index is 12.7. The number of nitrogens with one attached hydrogen (secondary N) is 2. The van der Waals surface area contributed by atoms with Crippen molar-refractivity contribution in [3.8, 4) is 0 Å². The Morgan fingerprint density at radius 1 is 1.13 bits per heavy atom. The second-order valence-corrected chi connectivity index (χ2v) is 7.82. The zero-order valence-corrected chi connectivity index (χ0v) is 17.9. The van der Waals surface area contributed by atoms with Crippen molar-refractivity contribution < 1.29 is 28.7 Å². The van der Waals surface area contributed by atoms with Crippen molar-refractivity contribution in [2.75, 3.05) is 12.4 Å². The molecule has 0 saturated heterocycles. The van der Waals surface area contributed by atoms with E-state index in [4.69, 9.17) is 10.5 Å². The molecule has 166 valence electrons. The number of ether oxygens (including phenoxy) is 2. The predicted octanol–water partition coefficient (Wildman–Crippen LogP) is 2.28. The van der Waals surface area contributed by atoms with E-state index in [1.807, 2.05) is 6.07 Å². The molecule has 0 aliphatic rings. The summed E-state index contributed by atoms with van der Waals surface area (Å²) in [4.78, 5) is 47.1. The van der Waals surface area contributed by atoms with Crippen LogP contribution in [0.5, 0.6) is 0 Å². The van der Waals surface area contributed by atoms with Gasteiger partial charge in [-0.05, 0) is 57.7 Å². The number of alkyl carbamates (subject to hydrolysis) is 1. The first-order valence-electron chi connectivity index (χ1n) is 9.74. The van der Waals surface area contributed by atoms with Crippen LogP contribution in [0.15, 0.2) is 24.3 Å². The third-order valence-corrected chi connectivity index (χ3v) is 3.96. The van der Waals surface area contributed by atoms with E-state index < -0.39 is 29.6 Å². The SMILES string of the molecule is COC(=O)CCCc1cccc(NC(=O)[C@H](CCC(N)=O)NC(=O)OC(C)(C)C)c1. The molecule has 0 fully saturated rings. The lowest BCUT2D eigenvalue weighted by atomic mass is 10.1. The van der Waals surface area contributed by atoms with Crippen molar-refractivity contribution in [3.63, 3.8) is 0 Å². The van der Waals surface area contributed by atoms with Gasteiger partial charge in [0.15, 0.2) is 0 Å². The molecule has 9 heteroatoms. The molecule has 9 nitrogen and oxygen atoms in total. The molecule has 30 heavy (non-hydrogen) atoms. The Hall–Kier alpha value is -3.10. The van der Waals surface area contributed by atoms with Gasteiger partial charge in [-0.2, -0.15) is 0 Å². The summed E-state index contributed by atoms with van der Waals surface area (Å²) < 4.78 is 9.80. The Morgan fingerprint density at radius 3 is 2.43 bits per heavy atom. The predicted molar refractivity (Wildman–Crippen MR) is 112 cm³/mol. The normalized spacial score (nSPS) is 11.9. The standard InChI is InChI=1S/C21H31N3O6/c1-21(2,3)30-20(28)24-16(11-12-17(22)25)19(27)23-15-9-5-7-14(13-15)8-6-10-18(26)29-4/h5,7,9,13,16H,6,8,10-12H2,1-4H3,(H2,22,25)(H,23,27)(H,24,28)/t16-/m0/s1. The lowest BCUT2D eigenvalue weighted by Crippen LogP contribution is -2.46. The zero-order chi connectivity index (χ0) is 22.7. The number of hydrogen-bond acceptors (Lipinski definition) is 6. The molecule has 0 heterocycles. The average molecular weight is 421 g/mol. The van der Waals surface area contributed by atoms with E-state index in [0.717, 1.165) is 5.56 Å². The van der Waals surface area contributed by atoms with E-state index in [9.17, 15) is 19.2 Å². The van der Waals surface area contributed by atoms with E-state index in [-0.39, 0.29) is 18.8 Å². The molecule has 0 aliphatic carbocycles. The van der Waals surface area contributed by atoms with Gasteiger partial charge >= 0.3 is 12.1 Å². The molecule has 0 aliphatic heterocycles. The minimum absolute atomic E-state index is 0.0409. The Morgan fingerprint density at radius 2 is 1.83 bits per heavy atom. The van der Waals surface area contributed by atoms with Crippen molar-refractivity contribution in [3.05, 3.63) is 29.8 Å². The van der Waals surface area contributed by atoms with E-state index in [2.05, 4.69) is 15.4 Å². The van der Waals surface area contributed by atoms with Gasteiger partial charge in [0.2, 0.25) is 11.8 Å². The summed E-state index contributed by atoms with van der Waals surface area (Å²) in [6, 6.07) is 6.17. The number of hydrogen-bond donors (Lipinski definition) is 3. The van der Waals surface area contributed by atoms with Crippen molar-refractivity contribution in [1.29, 1.82) is 0 Å². The summed E-state index contributed by atoms with van der Waals surface area (Å²) >= 11 is 0. The summed E-state index contributed by atoms with van der Waals surface area (Å²) in [6.45, 7) is 5.12. The van der Waals surface area contributed by atoms with Gasteiger partial charge in [-0.3, -0.25) is 14.4 Å². The lowest BCUT2D eigenvalue weighted by molar-refractivity contribution is -0.140. The summed E-state index contributed by atoms with van der Waals surface area (Å²) in [7, 11) is 1.35. The van der Waals surface area contributed by atoms with Crippen LogP contribution in [-0.4, -0.2) is 42.6 Å². The van der Waals surface area contributed by atoms with Crippen LogP contribution in [0.1, 0.15) is 52.0 Å². The number of esters is 1. The Kier molecular flexibility index (Phi) is 9.80. The third-order valence-electron chi connectivity index (χ3n) is 3.96. The van der Waals surface area contributed by atoms with Crippen LogP contribution in [0, 0.1) is 0 Å². The number of amides is 3. The van der Waals surface area contributed by atoms with Crippen LogP contribution in [0.25, 0.3) is 0 Å². The van der Waals surface area contributed by atoms with Gasteiger partial charge in [0.1, 0.15) is 11.6 Å². The molecule has 1 rings (SSSR count). The fourth-order valence-electron chi connectivity index (χ4n) is 2.58. The average Bonchev–Trinajstić information content (AvgIpc) is 2.63. The highest BCUT2D eigenvalue weighted by Gasteiger charge is 2.25. The van der Waals surface area contributed by atoms with Gasteiger partial charge in [-0.25, -0.2) is 4.79 Å². The molecule has 0 saturated carbocycles. The van der Waals surface area contributed by atoms with E-state index in [0.29, 0.717) is 24.9 Å². The fourth-order valence-corrected chi connectivity index (χ4v) is 2.58. The molecule has 1 aromatic carbocycles. The highest BCUT2D eigenvalue weighted by atomic mass is 16.6. The van der Waals surface area contributed by atoms with Crippen LogP contribution in [0.2, 0.25) is 0 Å². The minimum Gasteiger partial charge on any atom is -0.469 e. The van der Waals surface area contributed by atoms with Crippen LogP contribution in [0.3, 0.4) is 0 Å². The molecule has 0 spiro atoms. The summed E-state index contributed by atoms with van der Waals surface area (Å²) in [5, 5.41) is 5.22. The van der Waals surface area contributed by atoms with E-state index in [1.165, 1.54) is 7.11 Å². The number of primary amides is 1. The molecule has 1 atom stereocenters. The number of aryl methyl sites for hydroxylation is 1. The molecule has 0 bridgehead atoms. The molecule has 0 unspecified atom stereocenters. The molecule has 3 amide bonds. The first-order valence-corrected chi connectivity index (χ1v) is 9.74. The van der Waals surface area contributed by atoms with Gasteiger partial charge in [-0.15, -0.1) is 0 Å². The number of benzene rings is 1. The molecule has 0 aromatic heterocycles. The number of methoxy groups -OCH3 is 1. The Bertz CT molecular complexity index is 757. The lowest BCUT2D eigenvalue weighted by Gasteiger charge is -2.23. The Balaban J connectivity index is 2.77. The van der Waals surface area contributed by atoms with Crippen LogP contribution < -0.4 is 16.4 Å². The molecular weight excluding hydrogens is 390 g/mol. The van der Waals surface area contributed by atoms with Crippen LogP contribution in [0.4, 0.5) is 10.5 Å². The van der Waals surface area contributed by atoms with Crippen molar-refractivity contribution in [2.24, 2.45) is 5.73 Å². The Labute approximate surface area is 176 Å². The summed E-state index contributed by atoms with van der Waals surface area (Å²) in [6.07, 6.45) is 0.776. The smallest absolute Gasteiger partial charge is 0.408 e. The first kappa shape index (κ1) is 24.9. The third kappa shape index (κ3) is 10.4. The molecule has 1 aromatic rings. The highest BCUT2D eigenvalue weighted by Crippen LogP contribution is 2.15. The number of rotatable bonds is 10. The number of carbonyl (C=O) groups is 4. The van der Waals surface area contributed by atoms with Crippen molar-refractivity contribution in [2.45, 2.75) is 64.5 Å². The monoisotopic (exact) mass is 421 g/mol. The quantitative estimate of drug-likeness (QED) is 0.496. The van der Waals surface area contributed by atoms with Crippen LogP contribution >= 0.6 is 0 Å². The van der Waals surface area contributed by atoms with Gasteiger partial charge in [0.25, 0.3) is 0 Å². The van der Waals surface area contributed by atoms with Gasteiger partial charge in [-0.1, -0.05) is 12.1 Å². The van der Waals surface area contributed by atoms with Gasteiger partial charge < -0.3 is 25.8 Å². The minimum atomic E-state index is -0.990. The summed E-state index contributed by atoms with van der Waals surface area (Å²) in [5.74, 6) is -1.34. The molecule has 4 N–H and O–H groups in total. The van der Waals surface area contributed by atoms with E-state index >= 15 is 0 Å². The molecular formula is C21H31N3O6. The summed E-state index contributed by atoms with van der Waals surface area (Å²) in [5.41, 5.74) is 5.92. The van der Waals surface area contributed by atoms with Gasteiger partial charge in [0.05, 0.1) is 7.11 Å². The first-order chi connectivity index (χ1) is 14.0. The fraction of sp³-hybridized carbons (Fsp3) is 0.524. The maximum atomic E-state index is 12.7. The van der Waals surface area contributed by atoms with Gasteiger partial charge in [0, 0.05) is 18.5 Å². The highest BCUT2D eigenvalue weighted by molar-refractivity contribution is 5.97. The van der Waals surface area contributed by atoms with Crippen molar-refractivity contribution >= 4 is 29.6 Å².